The van der Waals surface area contributed by atoms with E-state index in [4.69, 9.17) is 15.0 Å². The minimum atomic E-state index is -5.08. The smallest absolute Gasteiger partial charge is 0.475 e. The second-order valence-electron chi connectivity index (χ2n) is 4.09. The van der Waals surface area contributed by atoms with E-state index in [-0.39, 0.29) is 0 Å². The van der Waals surface area contributed by atoms with Crippen LogP contribution in [-0.4, -0.2) is 45.3 Å². The largest absolute Gasteiger partial charge is 0.490 e. The van der Waals surface area contributed by atoms with Gasteiger partial charge in [0.05, 0.1) is 0 Å². The maximum absolute atomic E-state index is 10.6. The first-order valence-electron chi connectivity index (χ1n) is 5.21. The molecule has 0 aromatic rings. The predicted molar refractivity (Wildman–Crippen MR) is 60.3 cm³/mol. The van der Waals surface area contributed by atoms with E-state index in [0.717, 1.165) is 13.1 Å². The number of alkyl halides is 3. The molecule has 11 heteroatoms. The first kappa shape index (κ1) is 18.1. The molecule has 114 valence electrons. The lowest BCUT2D eigenvalue weighted by atomic mass is 9.89. The predicted octanol–water partition coefficient (Wildman–Crippen LogP) is -0.732. The molecule has 0 aromatic carbocycles. The Morgan fingerprint density at radius 3 is 2.16 bits per heavy atom. The van der Waals surface area contributed by atoms with Gasteiger partial charge in [0.25, 0.3) is 10.2 Å². The van der Waals surface area contributed by atoms with Crippen molar-refractivity contribution in [2.75, 3.05) is 19.6 Å². The standard InChI is InChI=1S/C6H15N3O2S.C2HF3O2/c1-5(6-3-8-4-6)2-9-12(7,10)11;3-2(4,5)1(6)7/h5-6,8-9H,2-4H2,1H3,(H2,7,10,11);(H,6,7). The lowest BCUT2D eigenvalue weighted by Crippen LogP contribution is -2.48. The zero-order chi connectivity index (χ0) is 15.3. The Kier molecular flexibility index (Phi) is 6.69. The highest BCUT2D eigenvalue weighted by Crippen LogP contribution is 2.14. The Labute approximate surface area is 108 Å². The van der Waals surface area contributed by atoms with Crippen molar-refractivity contribution >= 4 is 16.2 Å². The maximum Gasteiger partial charge on any atom is 0.490 e. The number of carboxylic acid groups (broad SMARTS) is 1. The van der Waals surface area contributed by atoms with Crippen LogP contribution in [0.3, 0.4) is 0 Å². The fraction of sp³-hybridized carbons (Fsp3) is 0.875. The molecule has 0 saturated carbocycles. The first-order valence-corrected chi connectivity index (χ1v) is 6.76. The molecule has 0 aromatic heterocycles. The summed E-state index contributed by atoms with van der Waals surface area (Å²) in [5.41, 5.74) is 0. The molecule has 1 unspecified atom stereocenters. The average molecular weight is 307 g/mol. The second kappa shape index (κ2) is 7.03. The van der Waals surface area contributed by atoms with Crippen molar-refractivity contribution in [1.82, 2.24) is 10.0 Å². The molecule has 1 aliphatic heterocycles. The maximum atomic E-state index is 10.6. The third-order valence-electron chi connectivity index (χ3n) is 2.47. The van der Waals surface area contributed by atoms with Crippen LogP contribution in [0.1, 0.15) is 6.92 Å². The SMILES string of the molecule is CC(CNS(N)(=O)=O)C1CNC1.O=C(O)C(F)(F)F. The number of nitrogens with one attached hydrogen (secondary N) is 2. The van der Waals surface area contributed by atoms with Crippen molar-refractivity contribution in [3.05, 3.63) is 0 Å². The molecule has 7 nitrogen and oxygen atoms in total. The minimum absolute atomic E-state index is 0.351. The number of hydrogen-bond acceptors (Lipinski definition) is 4. The minimum Gasteiger partial charge on any atom is -0.475 e. The number of nitrogens with two attached hydrogens (primary N) is 1. The van der Waals surface area contributed by atoms with Crippen molar-refractivity contribution in [3.63, 3.8) is 0 Å². The first-order chi connectivity index (χ1) is 8.43. The van der Waals surface area contributed by atoms with E-state index in [1.165, 1.54) is 0 Å². The van der Waals surface area contributed by atoms with Crippen LogP contribution in [0.2, 0.25) is 0 Å². The summed E-state index contributed by atoms with van der Waals surface area (Å²) in [4.78, 5) is 8.90. The molecule has 19 heavy (non-hydrogen) atoms. The third-order valence-corrected chi connectivity index (χ3v) is 3.04. The number of carbonyl (C=O) groups is 1. The van der Waals surface area contributed by atoms with Crippen molar-refractivity contribution in [2.24, 2.45) is 17.0 Å². The molecule has 0 radical (unpaired) electrons. The summed E-state index contributed by atoms with van der Waals surface area (Å²) in [6.07, 6.45) is -5.08. The summed E-state index contributed by atoms with van der Waals surface area (Å²) in [6.45, 7) is 4.41. The molecule has 5 N–H and O–H groups in total. The second-order valence-corrected chi connectivity index (χ2v) is 5.47. The Morgan fingerprint density at radius 2 is 1.95 bits per heavy atom. The van der Waals surface area contributed by atoms with Crippen LogP contribution in [0.4, 0.5) is 13.2 Å². The van der Waals surface area contributed by atoms with Gasteiger partial charge in [-0.1, -0.05) is 6.92 Å². The highest BCUT2D eigenvalue weighted by molar-refractivity contribution is 7.87. The molecule has 1 rings (SSSR count). The summed E-state index contributed by atoms with van der Waals surface area (Å²) in [5.74, 6) is -1.82. The van der Waals surface area contributed by atoms with Crippen LogP contribution in [0, 0.1) is 11.8 Å². The van der Waals surface area contributed by atoms with E-state index in [1.807, 2.05) is 6.92 Å². The van der Waals surface area contributed by atoms with Crippen LogP contribution < -0.4 is 15.2 Å². The van der Waals surface area contributed by atoms with Gasteiger partial charge in [-0.05, 0) is 24.9 Å². The molecule has 0 aliphatic carbocycles. The summed E-state index contributed by atoms with van der Waals surface area (Å²) >= 11 is 0. The number of halogens is 3. The number of hydrogen-bond donors (Lipinski definition) is 4. The number of carboxylic acids is 1. The van der Waals surface area contributed by atoms with E-state index in [2.05, 4.69) is 10.0 Å². The van der Waals surface area contributed by atoms with Crippen molar-refractivity contribution in [1.29, 1.82) is 0 Å². The average Bonchev–Trinajstić information content (AvgIpc) is 2.10. The van der Waals surface area contributed by atoms with Crippen LogP contribution in [0.5, 0.6) is 0 Å². The van der Waals surface area contributed by atoms with Crippen molar-refractivity contribution < 1.29 is 31.5 Å². The highest BCUT2D eigenvalue weighted by Gasteiger charge is 2.38. The number of aliphatic carboxylic acids is 1. The third kappa shape index (κ3) is 8.75. The van der Waals surface area contributed by atoms with E-state index >= 15 is 0 Å². The zero-order valence-corrected chi connectivity index (χ0v) is 10.9. The van der Waals surface area contributed by atoms with Gasteiger partial charge >= 0.3 is 12.1 Å². The molecule has 1 atom stereocenters. The fourth-order valence-electron chi connectivity index (χ4n) is 1.13. The Morgan fingerprint density at radius 1 is 1.53 bits per heavy atom. The topological polar surface area (TPSA) is 122 Å². The van der Waals surface area contributed by atoms with Gasteiger partial charge in [0.15, 0.2) is 0 Å². The lowest BCUT2D eigenvalue weighted by molar-refractivity contribution is -0.192. The molecule has 1 aliphatic rings. The van der Waals surface area contributed by atoms with Crippen molar-refractivity contribution in [2.45, 2.75) is 13.1 Å². The number of rotatable bonds is 4. The van der Waals surface area contributed by atoms with Gasteiger partial charge in [-0.15, -0.1) is 0 Å². The normalized spacial score (nSPS) is 17.9. The summed E-state index contributed by atoms with van der Waals surface area (Å²) in [5, 5.41) is 15.0. The summed E-state index contributed by atoms with van der Waals surface area (Å²) in [7, 11) is -3.51. The fourth-order valence-corrected chi connectivity index (χ4v) is 1.62. The lowest BCUT2D eigenvalue weighted by Gasteiger charge is -2.32. The summed E-state index contributed by atoms with van der Waals surface area (Å²) in [6, 6.07) is 0. The van der Waals surface area contributed by atoms with E-state index < -0.39 is 22.4 Å². The molecule has 1 saturated heterocycles. The van der Waals surface area contributed by atoms with E-state index in [0.29, 0.717) is 18.4 Å². The van der Waals surface area contributed by atoms with Crippen LogP contribution in [-0.2, 0) is 15.0 Å². The molecular weight excluding hydrogens is 291 g/mol. The molecule has 0 spiro atoms. The quantitative estimate of drug-likeness (QED) is 0.545. The Balaban J connectivity index is 0.000000399. The van der Waals surface area contributed by atoms with E-state index in [9.17, 15) is 21.6 Å². The van der Waals surface area contributed by atoms with Gasteiger partial charge in [-0.2, -0.15) is 21.6 Å². The zero-order valence-electron chi connectivity index (χ0n) is 10.1. The van der Waals surface area contributed by atoms with Crippen LogP contribution in [0.15, 0.2) is 0 Å². The van der Waals surface area contributed by atoms with Gasteiger partial charge < -0.3 is 10.4 Å². The van der Waals surface area contributed by atoms with Gasteiger partial charge in [-0.3, -0.25) is 0 Å². The van der Waals surface area contributed by atoms with Gasteiger partial charge in [-0.25, -0.2) is 14.7 Å². The van der Waals surface area contributed by atoms with E-state index in [1.54, 1.807) is 0 Å². The monoisotopic (exact) mass is 307 g/mol. The van der Waals surface area contributed by atoms with Gasteiger partial charge in [0, 0.05) is 6.54 Å². The van der Waals surface area contributed by atoms with Gasteiger partial charge in [0.1, 0.15) is 0 Å². The molecule has 0 bridgehead atoms. The van der Waals surface area contributed by atoms with Crippen LogP contribution in [0.25, 0.3) is 0 Å². The highest BCUT2D eigenvalue weighted by atomic mass is 32.2. The van der Waals surface area contributed by atoms with Crippen molar-refractivity contribution in [3.8, 4) is 0 Å². The summed E-state index contributed by atoms with van der Waals surface area (Å²) < 4.78 is 55.1. The van der Waals surface area contributed by atoms with Crippen LogP contribution >= 0.6 is 0 Å². The Bertz CT molecular complexity index is 395. The molecule has 0 amide bonds. The molecular formula is C8H16F3N3O4S. The molecule has 1 fully saturated rings. The Hall–Kier alpha value is -0.910. The molecule has 1 heterocycles. The van der Waals surface area contributed by atoms with Gasteiger partial charge in [0.2, 0.25) is 0 Å².